The molecular formula is C12H13N3O2S. The van der Waals surface area contributed by atoms with Crippen LogP contribution in [0.1, 0.15) is 28.2 Å². The molecule has 5 nitrogen and oxygen atoms in total. The first-order valence-corrected chi connectivity index (χ1v) is 6.23. The van der Waals surface area contributed by atoms with Gasteiger partial charge in [-0.05, 0) is 24.6 Å². The molecule has 0 amide bonds. The summed E-state index contributed by atoms with van der Waals surface area (Å²) in [6.07, 6.45) is 5.00. The maximum Gasteiger partial charge on any atom is 0.349 e. The van der Waals surface area contributed by atoms with Gasteiger partial charge in [0.05, 0.1) is 19.3 Å². The summed E-state index contributed by atoms with van der Waals surface area (Å²) in [5, 5.41) is 3.92. The van der Waals surface area contributed by atoms with Crippen LogP contribution in [0, 0.1) is 0 Å². The molecule has 0 fully saturated rings. The topological polar surface area (TPSA) is 64.1 Å². The van der Waals surface area contributed by atoms with Crippen LogP contribution in [0.5, 0.6) is 0 Å². The van der Waals surface area contributed by atoms with Gasteiger partial charge in [-0.1, -0.05) is 11.3 Å². The molecule has 2 aromatic heterocycles. The summed E-state index contributed by atoms with van der Waals surface area (Å²) in [5.74, 6) is -0.364. The molecule has 2 heterocycles. The average molecular weight is 263 g/mol. The number of esters is 1. The van der Waals surface area contributed by atoms with Crippen molar-refractivity contribution in [3.63, 3.8) is 0 Å². The molecule has 0 aromatic carbocycles. The summed E-state index contributed by atoms with van der Waals surface area (Å²) in [4.78, 5) is 19.9. The van der Waals surface area contributed by atoms with E-state index in [1.165, 1.54) is 24.6 Å². The largest absolute Gasteiger partial charge is 0.465 e. The number of hydrogen-bond donors (Lipinski definition) is 1. The van der Waals surface area contributed by atoms with Crippen LogP contribution in [0.4, 0.5) is 5.13 Å². The number of rotatable bonds is 4. The fourth-order valence-electron chi connectivity index (χ4n) is 1.46. The van der Waals surface area contributed by atoms with E-state index in [-0.39, 0.29) is 12.0 Å². The quantitative estimate of drug-likeness (QED) is 0.859. The number of nitrogens with zero attached hydrogens (tertiary/aromatic N) is 2. The number of nitrogens with one attached hydrogen (secondary N) is 1. The highest BCUT2D eigenvalue weighted by Gasteiger charge is 2.12. The predicted octanol–water partition coefficient (Wildman–Crippen LogP) is 2.50. The Hall–Kier alpha value is -1.95. The molecule has 94 valence electrons. The summed E-state index contributed by atoms with van der Waals surface area (Å²) in [7, 11) is 1.36. The molecular weight excluding hydrogens is 250 g/mol. The number of aromatic nitrogens is 2. The van der Waals surface area contributed by atoms with E-state index < -0.39 is 0 Å². The van der Waals surface area contributed by atoms with Crippen LogP contribution in [0.15, 0.2) is 30.7 Å². The van der Waals surface area contributed by atoms with Gasteiger partial charge < -0.3 is 10.1 Å². The Labute approximate surface area is 109 Å². The van der Waals surface area contributed by atoms with Gasteiger partial charge in [-0.15, -0.1) is 0 Å². The predicted molar refractivity (Wildman–Crippen MR) is 69.7 cm³/mol. The van der Waals surface area contributed by atoms with E-state index in [2.05, 4.69) is 20.0 Å². The Balaban J connectivity index is 2.06. The van der Waals surface area contributed by atoms with Gasteiger partial charge in [0.2, 0.25) is 0 Å². The van der Waals surface area contributed by atoms with Gasteiger partial charge in [0.25, 0.3) is 0 Å². The Bertz CT molecular complexity index is 527. The van der Waals surface area contributed by atoms with Crippen molar-refractivity contribution in [3.05, 3.63) is 41.2 Å². The van der Waals surface area contributed by atoms with Crippen molar-refractivity contribution in [3.8, 4) is 0 Å². The van der Waals surface area contributed by atoms with Gasteiger partial charge in [0, 0.05) is 12.4 Å². The van der Waals surface area contributed by atoms with E-state index in [1.54, 1.807) is 12.4 Å². The number of ether oxygens (including phenoxy) is 1. The third kappa shape index (κ3) is 2.84. The van der Waals surface area contributed by atoms with E-state index in [0.29, 0.717) is 10.0 Å². The van der Waals surface area contributed by atoms with Crippen LogP contribution < -0.4 is 5.32 Å². The molecule has 0 aliphatic heterocycles. The van der Waals surface area contributed by atoms with Crippen LogP contribution in [0.3, 0.4) is 0 Å². The number of methoxy groups -OCH3 is 1. The fourth-order valence-corrected chi connectivity index (χ4v) is 2.28. The number of carbonyl (C=O) groups is 1. The lowest BCUT2D eigenvalue weighted by Gasteiger charge is -2.12. The fraction of sp³-hybridized carbons (Fsp3) is 0.250. The van der Waals surface area contributed by atoms with Crippen molar-refractivity contribution >= 4 is 22.4 Å². The highest BCUT2D eigenvalue weighted by atomic mass is 32.1. The second kappa shape index (κ2) is 5.59. The Morgan fingerprint density at radius 2 is 2.17 bits per heavy atom. The summed E-state index contributed by atoms with van der Waals surface area (Å²) in [6.45, 7) is 2.02. The molecule has 0 radical (unpaired) electrons. The lowest BCUT2D eigenvalue weighted by atomic mass is 10.1. The molecule has 1 N–H and O–H groups in total. The molecule has 2 aromatic rings. The molecule has 18 heavy (non-hydrogen) atoms. The molecule has 0 saturated carbocycles. The van der Waals surface area contributed by atoms with Gasteiger partial charge in [-0.25, -0.2) is 9.78 Å². The first-order chi connectivity index (χ1) is 8.70. The van der Waals surface area contributed by atoms with Gasteiger partial charge >= 0.3 is 5.97 Å². The average Bonchev–Trinajstić information content (AvgIpc) is 2.87. The SMILES string of the molecule is COC(=O)c1cnc(NC(C)c2ccncc2)s1. The Morgan fingerprint density at radius 3 is 2.83 bits per heavy atom. The number of pyridine rings is 1. The molecule has 0 aliphatic carbocycles. The van der Waals surface area contributed by atoms with E-state index in [4.69, 9.17) is 0 Å². The lowest BCUT2D eigenvalue weighted by Crippen LogP contribution is -2.05. The van der Waals surface area contributed by atoms with Crippen molar-refractivity contribution in [1.29, 1.82) is 0 Å². The number of hydrogen-bond acceptors (Lipinski definition) is 6. The standard InChI is InChI=1S/C12H13N3O2S/c1-8(9-3-5-13-6-4-9)15-12-14-7-10(18-12)11(16)17-2/h3-8H,1-2H3,(H,14,15). The van der Waals surface area contributed by atoms with Crippen LogP contribution in [-0.4, -0.2) is 23.0 Å². The molecule has 0 saturated heterocycles. The minimum atomic E-state index is -0.364. The maximum absolute atomic E-state index is 11.3. The van der Waals surface area contributed by atoms with E-state index in [0.717, 1.165) is 5.56 Å². The lowest BCUT2D eigenvalue weighted by molar-refractivity contribution is 0.0606. The highest BCUT2D eigenvalue weighted by molar-refractivity contribution is 7.17. The first-order valence-electron chi connectivity index (χ1n) is 5.41. The molecule has 6 heteroatoms. The Morgan fingerprint density at radius 1 is 1.44 bits per heavy atom. The zero-order chi connectivity index (χ0) is 13.0. The normalized spacial score (nSPS) is 11.9. The first kappa shape index (κ1) is 12.5. The third-order valence-electron chi connectivity index (χ3n) is 2.44. The second-order valence-corrected chi connectivity index (χ2v) is 4.70. The van der Waals surface area contributed by atoms with Crippen LogP contribution in [0.25, 0.3) is 0 Å². The third-order valence-corrected chi connectivity index (χ3v) is 3.35. The summed E-state index contributed by atoms with van der Waals surface area (Å²) in [6, 6.07) is 3.98. The molecule has 2 rings (SSSR count). The van der Waals surface area contributed by atoms with Crippen LogP contribution in [-0.2, 0) is 4.74 Å². The molecule has 1 atom stereocenters. The van der Waals surface area contributed by atoms with Crippen molar-refractivity contribution in [1.82, 2.24) is 9.97 Å². The van der Waals surface area contributed by atoms with Gasteiger partial charge in [-0.3, -0.25) is 4.98 Å². The summed E-state index contributed by atoms with van der Waals surface area (Å²) in [5.41, 5.74) is 1.11. The molecule has 0 spiro atoms. The number of anilines is 1. The van der Waals surface area contributed by atoms with Gasteiger partial charge in [0.1, 0.15) is 4.88 Å². The second-order valence-electron chi connectivity index (χ2n) is 3.67. The Kier molecular flexibility index (Phi) is 3.88. The smallest absolute Gasteiger partial charge is 0.349 e. The minimum absolute atomic E-state index is 0.102. The summed E-state index contributed by atoms with van der Waals surface area (Å²) >= 11 is 1.28. The monoisotopic (exact) mass is 263 g/mol. The summed E-state index contributed by atoms with van der Waals surface area (Å²) < 4.78 is 4.63. The highest BCUT2D eigenvalue weighted by Crippen LogP contribution is 2.23. The van der Waals surface area contributed by atoms with Gasteiger partial charge in [0.15, 0.2) is 5.13 Å². The van der Waals surface area contributed by atoms with E-state index in [9.17, 15) is 4.79 Å². The van der Waals surface area contributed by atoms with Crippen molar-refractivity contribution in [2.45, 2.75) is 13.0 Å². The van der Waals surface area contributed by atoms with Crippen molar-refractivity contribution in [2.24, 2.45) is 0 Å². The molecule has 0 aliphatic rings. The minimum Gasteiger partial charge on any atom is -0.465 e. The zero-order valence-corrected chi connectivity index (χ0v) is 10.9. The van der Waals surface area contributed by atoms with E-state index >= 15 is 0 Å². The van der Waals surface area contributed by atoms with Crippen molar-refractivity contribution in [2.75, 3.05) is 12.4 Å². The van der Waals surface area contributed by atoms with Crippen LogP contribution in [0.2, 0.25) is 0 Å². The molecule has 0 bridgehead atoms. The zero-order valence-electron chi connectivity index (χ0n) is 10.1. The number of carbonyl (C=O) groups excluding carboxylic acids is 1. The maximum atomic E-state index is 11.3. The van der Waals surface area contributed by atoms with Gasteiger partial charge in [-0.2, -0.15) is 0 Å². The van der Waals surface area contributed by atoms with E-state index in [1.807, 2.05) is 19.1 Å². The van der Waals surface area contributed by atoms with Crippen molar-refractivity contribution < 1.29 is 9.53 Å². The molecule has 1 unspecified atom stereocenters. The van der Waals surface area contributed by atoms with Crippen LogP contribution >= 0.6 is 11.3 Å². The number of thiazole rings is 1.